The zero-order chi connectivity index (χ0) is 12.5. The van der Waals surface area contributed by atoms with Crippen LogP contribution in [0.25, 0.3) is 0 Å². The molecule has 2 fully saturated rings. The number of nitrogens with zero attached hydrogens (tertiary/aromatic N) is 2. The maximum absolute atomic E-state index is 12.3. The minimum absolute atomic E-state index is 0. The second-order valence-electron chi connectivity index (χ2n) is 4.68. The third-order valence-corrected chi connectivity index (χ3v) is 5.47. The summed E-state index contributed by atoms with van der Waals surface area (Å²) in [6, 6.07) is 0.115. The summed E-state index contributed by atoms with van der Waals surface area (Å²) in [6.45, 7) is 1.63. The minimum atomic E-state index is -3.37. The van der Waals surface area contributed by atoms with Crippen LogP contribution in [0.4, 0.5) is 0 Å². The summed E-state index contributed by atoms with van der Waals surface area (Å²) in [5.74, 6) is 0.150. The number of rotatable bonds is 2. The van der Waals surface area contributed by atoms with E-state index in [0.717, 1.165) is 0 Å². The summed E-state index contributed by atoms with van der Waals surface area (Å²) in [5, 5.41) is 0. The summed E-state index contributed by atoms with van der Waals surface area (Å²) in [6.07, 6.45) is 2.11. The fraction of sp³-hybridized carbons (Fsp3) is 0.900. The van der Waals surface area contributed by atoms with Gasteiger partial charge in [-0.2, -0.15) is 17.0 Å². The van der Waals surface area contributed by atoms with Gasteiger partial charge in [-0.3, -0.25) is 4.79 Å². The van der Waals surface area contributed by atoms with Crippen molar-refractivity contribution in [2.75, 3.05) is 26.2 Å². The van der Waals surface area contributed by atoms with Gasteiger partial charge in [0.15, 0.2) is 0 Å². The Morgan fingerprint density at radius 2 is 1.44 bits per heavy atom. The van der Waals surface area contributed by atoms with Crippen LogP contribution in [0.1, 0.15) is 25.7 Å². The molecule has 0 saturated carbocycles. The van der Waals surface area contributed by atoms with Crippen molar-refractivity contribution in [3.63, 3.8) is 0 Å². The van der Waals surface area contributed by atoms with E-state index in [1.165, 1.54) is 8.61 Å². The van der Waals surface area contributed by atoms with Crippen LogP contribution in [0.15, 0.2) is 0 Å². The van der Waals surface area contributed by atoms with E-state index in [0.29, 0.717) is 51.9 Å². The van der Waals surface area contributed by atoms with E-state index in [-0.39, 0.29) is 24.2 Å². The molecule has 0 aliphatic carbocycles. The monoisotopic (exact) mass is 297 g/mol. The van der Waals surface area contributed by atoms with Crippen LogP contribution < -0.4 is 5.73 Å². The van der Waals surface area contributed by atoms with Gasteiger partial charge in [-0.25, -0.2) is 0 Å². The van der Waals surface area contributed by atoms with Crippen LogP contribution in [0.3, 0.4) is 0 Å². The smallest absolute Gasteiger partial charge is 0.281 e. The molecule has 18 heavy (non-hydrogen) atoms. The van der Waals surface area contributed by atoms with Crippen molar-refractivity contribution in [1.29, 1.82) is 0 Å². The normalized spacial score (nSPS) is 24.8. The topological polar surface area (TPSA) is 83.7 Å². The van der Waals surface area contributed by atoms with Crippen molar-refractivity contribution >= 4 is 28.4 Å². The molecule has 106 valence electrons. The number of carbonyl (C=O) groups excluding carboxylic acids is 1. The second-order valence-corrected chi connectivity index (χ2v) is 6.61. The van der Waals surface area contributed by atoms with Gasteiger partial charge in [-0.1, -0.05) is 0 Å². The molecule has 0 amide bonds. The van der Waals surface area contributed by atoms with Gasteiger partial charge in [0.1, 0.15) is 5.78 Å². The lowest BCUT2D eigenvalue weighted by molar-refractivity contribution is -0.120. The van der Waals surface area contributed by atoms with Gasteiger partial charge in [0.2, 0.25) is 0 Å². The molecule has 8 heteroatoms. The number of ketones is 1. The molecule has 0 aromatic rings. The van der Waals surface area contributed by atoms with E-state index >= 15 is 0 Å². The molecule has 2 N–H and O–H groups in total. The van der Waals surface area contributed by atoms with Crippen molar-refractivity contribution in [2.24, 2.45) is 5.73 Å². The molecule has 0 radical (unpaired) electrons. The average Bonchev–Trinajstić information content (AvgIpc) is 2.30. The number of piperidine rings is 2. The van der Waals surface area contributed by atoms with Gasteiger partial charge in [-0.15, -0.1) is 12.4 Å². The number of Topliss-reactive ketones (excluding diaryl/α,β-unsaturated/α-hetero) is 1. The van der Waals surface area contributed by atoms with Gasteiger partial charge in [0.05, 0.1) is 0 Å². The first kappa shape index (κ1) is 15.8. The van der Waals surface area contributed by atoms with Crippen molar-refractivity contribution < 1.29 is 13.2 Å². The zero-order valence-electron chi connectivity index (χ0n) is 10.2. The highest BCUT2D eigenvalue weighted by Crippen LogP contribution is 2.18. The molecule has 0 atom stereocenters. The molecule has 6 nitrogen and oxygen atoms in total. The highest BCUT2D eigenvalue weighted by molar-refractivity contribution is 7.86. The fourth-order valence-corrected chi connectivity index (χ4v) is 3.88. The highest BCUT2D eigenvalue weighted by Gasteiger charge is 2.33. The van der Waals surface area contributed by atoms with Crippen molar-refractivity contribution in [1.82, 2.24) is 8.61 Å². The Kier molecular flexibility index (Phi) is 5.54. The Hall–Kier alpha value is -0.210. The predicted molar refractivity (Wildman–Crippen MR) is 70.8 cm³/mol. The summed E-state index contributed by atoms with van der Waals surface area (Å²) in [7, 11) is -3.37. The Morgan fingerprint density at radius 3 is 1.94 bits per heavy atom. The number of nitrogens with two attached hydrogens (primary N) is 1. The number of halogens is 1. The van der Waals surface area contributed by atoms with E-state index in [4.69, 9.17) is 5.73 Å². The van der Waals surface area contributed by atoms with Gasteiger partial charge >= 0.3 is 0 Å². The SMILES string of the molecule is Cl.NC1CCN(S(=O)(=O)N2CCC(=O)CC2)CC1. The van der Waals surface area contributed by atoms with Crippen LogP contribution in [0, 0.1) is 0 Å². The van der Waals surface area contributed by atoms with E-state index in [1.54, 1.807) is 0 Å². The van der Waals surface area contributed by atoms with Gasteiger partial charge in [-0.05, 0) is 12.8 Å². The van der Waals surface area contributed by atoms with Crippen LogP contribution in [0.2, 0.25) is 0 Å². The molecule has 0 unspecified atom stereocenters. The Morgan fingerprint density at radius 1 is 1.00 bits per heavy atom. The molecule has 2 rings (SSSR count). The van der Waals surface area contributed by atoms with E-state index in [1.807, 2.05) is 0 Å². The molecule has 0 spiro atoms. The van der Waals surface area contributed by atoms with E-state index in [2.05, 4.69) is 0 Å². The first-order chi connectivity index (χ1) is 8.00. The molecule has 2 aliphatic heterocycles. The summed E-state index contributed by atoms with van der Waals surface area (Å²) in [5.41, 5.74) is 5.76. The molecule has 2 aliphatic rings. The third-order valence-electron chi connectivity index (χ3n) is 3.43. The molecule has 2 heterocycles. The lowest BCUT2D eigenvalue weighted by atomic mass is 10.1. The van der Waals surface area contributed by atoms with Crippen LogP contribution >= 0.6 is 12.4 Å². The number of hydrogen-bond donors (Lipinski definition) is 1. The molecule has 0 aromatic carbocycles. The van der Waals surface area contributed by atoms with Crippen molar-refractivity contribution in [3.8, 4) is 0 Å². The largest absolute Gasteiger partial charge is 0.328 e. The van der Waals surface area contributed by atoms with E-state index in [9.17, 15) is 13.2 Å². The molecule has 2 saturated heterocycles. The highest BCUT2D eigenvalue weighted by atomic mass is 35.5. The minimum Gasteiger partial charge on any atom is -0.328 e. The van der Waals surface area contributed by atoms with Crippen LogP contribution in [-0.4, -0.2) is 55.0 Å². The van der Waals surface area contributed by atoms with Gasteiger partial charge < -0.3 is 5.73 Å². The van der Waals surface area contributed by atoms with Crippen molar-refractivity contribution in [3.05, 3.63) is 0 Å². The van der Waals surface area contributed by atoms with Crippen LogP contribution in [-0.2, 0) is 15.0 Å². The predicted octanol–water partition coefficient (Wildman–Crippen LogP) is -0.259. The molecule has 0 aromatic heterocycles. The Bertz CT molecular complexity index is 383. The Balaban J connectivity index is 0.00000162. The van der Waals surface area contributed by atoms with E-state index < -0.39 is 10.2 Å². The second kappa shape index (κ2) is 6.29. The lowest BCUT2D eigenvalue weighted by Crippen LogP contribution is -2.51. The lowest BCUT2D eigenvalue weighted by Gasteiger charge is -2.35. The number of carbonyl (C=O) groups is 1. The first-order valence-electron chi connectivity index (χ1n) is 6.02. The summed E-state index contributed by atoms with van der Waals surface area (Å²) < 4.78 is 27.4. The van der Waals surface area contributed by atoms with Gasteiger partial charge in [0, 0.05) is 45.1 Å². The van der Waals surface area contributed by atoms with Gasteiger partial charge in [0.25, 0.3) is 10.2 Å². The Labute approximate surface area is 114 Å². The summed E-state index contributed by atoms with van der Waals surface area (Å²) >= 11 is 0. The average molecular weight is 298 g/mol. The quantitative estimate of drug-likeness (QED) is 0.761. The van der Waals surface area contributed by atoms with Crippen molar-refractivity contribution in [2.45, 2.75) is 31.7 Å². The summed E-state index contributed by atoms with van der Waals surface area (Å²) in [4.78, 5) is 11.1. The molecular formula is C10H20ClN3O3S. The first-order valence-corrected chi connectivity index (χ1v) is 7.42. The third kappa shape index (κ3) is 3.42. The van der Waals surface area contributed by atoms with Crippen LogP contribution in [0.5, 0.6) is 0 Å². The zero-order valence-corrected chi connectivity index (χ0v) is 11.9. The maximum Gasteiger partial charge on any atom is 0.281 e. The number of hydrogen-bond acceptors (Lipinski definition) is 4. The standard InChI is InChI=1S/C10H19N3O3S.ClH/c11-9-1-5-12(6-2-9)17(15,16)13-7-3-10(14)4-8-13;/h9H,1-8,11H2;1H. The maximum atomic E-state index is 12.3. The molecule has 0 bridgehead atoms. The fourth-order valence-electron chi connectivity index (χ4n) is 2.24. The molecular weight excluding hydrogens is 278 g/mol.